The molecule has 36 heavy (non-hydrogen) atoms. The number of hydrogen-bond acceptors (Lipinski definition) is 8. The van der Waals surface area contributed by atoms with Gasteiger partial charge in [-0.05, 0) is 42.7 Å². The number of likely N-dealkylation sites (tertiary alicyclic amines) is 1. The maximum Gasteiger partial charge on any atom is 0.295 e. The summed E-state index contributed by atoms with van der Waals surface area (Å²) in [5, 5.41) is 22.7. The lowest BCUT2D eigenvalue weighted by molar-refractivity contribution is -0.384. The molecule has 1 atom stereocenters. The topological polar surface area (TPSA) is 122 Å². The largest absolute Gasteiger partial charge is 0.507 e. The van der Waals surface area contributed by atoms with Crippen LogP contribution in [0.25, 0.3) is 5.76 Å². The summed E-state index contributed by atoms with van der Waals surface area (Å²) >= 11 is 0. The Hall–Kier alpha value is -3.76. The monoisotopic (exact) mass is 495 g/mol. The number of nitro groups is 1. The van der Waals surface area contributed by atoms with Gasteiger partial charge in [0.2, 0.25) is 0 Å². The van der Waals surface area contributed by atoms with Crippen molar-refractivity contribution in [3.63, 3.8) is 0 Å². The lowest BCUT2D eigenvalue weighted by atomic mass is 9.93. The minimum atomic E-state index is -0.948. The number of ketones is 1. The average molecular weight is 496 g/mol. The molecule has 2 aliphatic rings. The van der Waals surface area contributed by atoms with Gasteiger partial charge in [0.1, 0.15) is 11.5 Å². The van der Waals surface area contributed by atoms with Crippen LogP contribution >= 0.6 is 0 Å². The molecule has 0 aliphatic carbocycles. The van der Waals surface area contributed by atoms with Crippen LogP contribution < -0.4 is 4.74 Å². The van der Waals surface area contributed by atoms with E-state index in [-0.39, 0.29) is 23.6 Å². The van der Waals surface area contributed by atoms with Gasteiger partial charge in [0.25, 0.3) is 17.4 Å². The van der Waals surface area contributed by atoms with E-state index in [4.69, 9.17) is 9.47 Å². The van der Waals surface area contributed by atoms with Crippen molar-refractivity contribution < 1.29 is 29.1 Å². The van der Waals surface area contributed by atoms with E-state index in [2.05, 4.69) is 4.90 Å². The number of aliphatic hydroxyl groups excluding tert-OH is 1. The Morgan fingerprint density at radius 2 is 1.92 bits per heavy atom. The van der Waals surface area contributed by atoms with Crippen LogP contribution in [0.4, 0.5) is 5.69 Å². The molecule has 2 aliphatic heterocycles. The highest BCUT2D eigenvalue weighted by atomic mass is 16.6. The number of nitrogens with zero attached hydrogens (tertiary/aromatic N) is 3. The number of aryl methyl sites for hydroxylation is 1. The van der Waals surface area contributed by atoms with Crippen LogP contribution in [-0.4, -0.2) is 78.0 Å². The Kier molecular flexibility index (Phi) is 7.66. The fraction of sp³-hybridized carbons (Fsp3) is 0.385. The number of nitro benzene ring substituents is 1. The molecule has 2 heterocycles. The van der Waals surface area contributed by atoms with E-state index in [9.17, 15) is 24.8 Å². The zero-order valence-corrected chi connectivity index (χ0v) is 20.3. The molecule has 2 fully saturated rings. The third kappa shape index (κ3) is 5.09. The van der Waals surface area contributed by atoms with Crippen LogP contribution in [0.1, 0.15) is 29.2 Å². The van der Waals surface area contributed by atoms with E-state index < -0.39 is 22.7 Å². The molecular weight excluding hydrogens is 466 g/mol. The molecule has 0 spiro atoms. The van der Waals surface area contributed by atoms with Crippen molar-refractivity contribution in [1.82, 2.24) is 9.80 Å². The van der Waals surface area contributed by atoms with Gasteiger partial charge in [-0.25, -0.2) is 0 Å². The van der Waals surface area contributed by atoms with Crippen molar-refractivity contribution >= 4 is 23.1 Å². The smallest absolute Gasteiger partial charge is 0.295 e. The van der Waals surface area contributed by atoms with Crippen molar-refractivity contribution in [3.8, 4) is 5.75 Å². The maximum absolute atomic E-state index is 13.2. The summed E-state index contributed by atoms with van der Waals surface area (Å²) in [5.74, 6) is -1.28. The van der Waals surface area contributed by atoms with E-state index in [1.165, 1.54) is 30.2 Å². The summed E-state index contributed by atoms with van der Waals surface area (Å²) < 4.78 is 10.6. The zero-order valence-electron chi connectivity index (χ0n) is 20.3. The number of carbonyl (C=O) groups is 2. The summed E-state index contributed by atoms with van der Waals surface area (Å²) in [6.45, 7) is 5.63. The third-order valence-corrected chi connectivity index (χ3v) is 6.60. The number of non-ortho nitro benzene ring substituents is 1. The number of Topliss-reactive ketones (excluding diaryl/α,β-unsaturated/α-hetero) is 1. The third-order valence-electron chi connectivity index (χ3n) is 6.60. The first kappa shape index (κ1) is 25.3. The highest BCUT2D eigenvalue weighted by Gasteiger charge is 2.46. The molecule has 10 nitrogen and oxygen atoms in total. The minimum absolute atomic E-state index is 0.0832. The maximum atomic E-state index is 13.2. The van der Waals surface area contributed by atoms with Crippen LogP contribution in [0.5, 0.6) is 5.75 Å². The lowest BCUT2D eigenvalue weighted by Gasteiger charge is -2.29. The van der Waals surface area contributed by atoms with E-state index in [0.717, 1.165) is 13.1 Å². The molecule has 0 unspecified atom stereocenters. The van der Waals surface area contributed by atoms with Gasteiger partial charge in [0.15, 0.2) is 0 Å². The minimum Gasteiger partial charge on any atom is -0.507 e. The fourth-order valence-electron chi connectivity index (χ4n) is 4.73. The second kappa shape index (κ2) is 10.9. The average Bonchev–Trinajstić information content (AvgIpc) is 3.14. The van der Waals surface area contributed by atoms with Gasteiger partial charge < -0.3 is 19.5 Å². The molecule has 0 saturated carbocycles. The number of methoxy groups -OCH3 is 1. The molecule has 0 aromatic heterocycles. The molecule has 2 aromatic carbocycles. The molecular formula is C26H29N3O7. The SMILES string of the molecule is COc1ccc(C(O)=C2C(=O)C(=O)N(CCCN3CCOCC3)[C@H]2c2cccc([N+](=O)[O-])c2)c(C)c1. The molecule has 0 radical (unpaired) electrons. The molecule has 1 amide bonds. The van der Waals surface area contributed by atoms with Crippen LogP contribution in [-0.2, 0) is 14.3 Å². The van der Waals surface area contributed by atoms with E-state index >= 15 is 0 Å². The first-order valence-corrected chi connectivity index (χ1v) is 11.8. The number of ether oxygens (including phenoxy) is 2. The molecule has 4 rings (SSSR count). The number of morpholine rings is 1. The second-order valence-corrected chi connectivity index (χ2v) is 8.83. The van der Waals surface area contributed by atoms with Gasteiger partial charge in [0.05, 0.1) is 36.9 Å². The van der Waals surface area contributed by atoms with Crippen LogP contribution in [0.15, 0.2) is 48.0 Å². The lowest BCUT2D eigenvalue weighted by Crippen LogP contribution is -2.39. The number of benzene rings is 2. The normalized spacial score (nSPS) is 20.1. The van der Waals surface area contributed by atoms with Gasteiger partial charge >= 0.3 is 0 Å². The first-order valence-electron chi connectivity index (χ1n) is 11.8. The Labute approximate surface area is 208 Å². The quantitative estimate of drug-likeness (QED) is 0.195. The highest BCUT2D eigenvalue weighted by molar-refractivity contribution is 6.46. The van der Waals surface area contributed by atoms with Gasteiger partial charge in [-0.15, -0.1) is 0 Å². The van der Waals surface area contributed by atoms with Crippen molar-refractivity contribution in [2.75, 3.05) is 46.5 Å². The summed E-state index contributed by atoms with van der Waals surface area (Å²) in [4.78, 5) is 40.9. The molecule has 1 N–H and O–H groups in total. The number of rotatable bonds is 8. The van der Waals surface area contributed by atoms with Crippen molar-refractivity contribution in [1.29, 1.82) is 0 Å². The molecule has 10 heteroatoms. The van der Waals surface area contributed by atoms with Crippen molar-refractivity contribution in [2.24, 2.45) is 0 Å². The van der Waals surface area contributed by atoms with Gasteiger partial charge in [-0.3, -0.25) is 24.6 Å². The van der Waals surface area contributed by atoms with Crippen LogP contribution in [0.2, 0.25) is 0 Å². The Morgan fingerprint density at radius 3 is 2.58 bits per heavy atom. The number of carbonyl (C=O) groups excluding carboxylic acids is 2. The Morgan fingerprint density at radius 1 is 1.17 bits per heavy atom. The molecule has 0 bridgehead atoms. The fourth-order valence-corrected chi connectivity index (χ4v) is 4.73. The van der Waals surface area contributed by atoms with Gasteiger partial charge in [-0.2, -0.15) is 0 Å². The van der Waals surface area contributed by atoms with Gasteiger partial charge in [-0.1, -0.05) is 12.1 Å². The molecule has 2 aromatic rings. The summed E-state index contributed by atoms with van der Waals surface area (Å²) in [6, 6.07) is 9.89. The summed E-state index contributed by atoms with van der Waals surface area (Å²) in [6.07, 6.45) is 0.597. The van der Waals surface area contributed by atoms with Gasteiger partial charge in [0, 0.05) is 43.9 Å². The van der Waals surface area contributed by atoms with Crippen LogP contribution in [0, 0.1) is 17.0 Å². The number of aliphatic hydroxyl groups is 1. The van der Waals surface area contributed by atoms with E-state index in [0.29, 0.717) is 48.6 Å². The second-order valence-electron chi connectivity index (χ2n) is 8.83. The van der Waals surface area contributed by atoms with Crippen molar-refractivity contribution in [2.45, 2.75) is 19.4 Å². The van der Waals surface area contributed by atoms with Crippen molar-refractivity contribution in [3.05, 3.63) is 74.8 Å². The van der Waals surface area contributed by atoms with E-state index in [1.807, 2.05) is 0 Å². The summed E-state index contributed by atoms with van der Waals surface area (Å²) in [7, 11) is 1.53. The predicted molar refractivity (Wildman–Crippen MR) is 132 cm³/mol. The zero-order chi connectivity index (χ0) is 25.8. The molecule has 2 saturated heterocycles. The first-order chi connectivity index (χ1) is 17.3. The predicted octanol–water partition coefficient (Wildman–Crippen LogP) is 3.06. The summed E-state index contributed by atoms with van der Waals surface area (Å²) in [5.41, 5.74) is 1.19. The standard InChI is InChI=1S/C26H29N3O7/c1-17-15-20(35-2)7-8-21(17)24(30)22-23(18-5-3-6-19(16-18)29(33)34)28(26(32)25(22)31)10-4-9-27-11-13-36-14-12-27/h3,5-8,15-16,23,30H,4,9-14H2,1-2H3/t23-/m0/s1. The number of amides is 1. The van der Waals surface area contributed by atoms with Crippen LogP contribution in [0.3, 0.4) is 0 Å². The highest BCUT2D eigenvalue weighted by Crippen LogP contribution is 2.41. The molecule has 190 valence electrons. The Balaban J connectivity index is 1.74. The number of hydrogen-bond donors (Lipinski definition) is 1. The van der Waals surface area contributed by atoms with E-state index in [1.54, 1.807) is 31.2 Å². The Bertz CT molecular complexity index is 1200.